The van der Waals surface area contributed by atoms with Crippen molar-refractivity contribution >= 4 is 0 Å². The maximum Gasteiger partial charge on any atom is 0.165 e. The number of benzene rings is 2. The molecular weight excluding hydrogens is 269 g/mol. The van der Waals surface area contributed by atoms with Gasteiger partial charge in [0.25, 0.3) is 0 Å². The number of rotatable bonds is 6. The van der Waals surface area contributed by atoms with Crippen LogP contribution in [0, 0.1) is 5.82 Å². The molecule has 21 heavy (non-hydrogen) atoms. The van der Waals surface area contributed by atoms with Gasteiger partial charge in [0.15, 0.2) is 11.6 Å². The molecule has 112 valence electrons. The highest BCUT2D eigenvalue weighted by Crippen LogP contribution is 2.19. The Hall–Kier alpha value is -2.07. The molecule has 3 nitrogen and oxygen atoms in total. The molecule has 0 aliphatic carbocycles. The first-order chi connectivity index (χ1) is 10.1. The predicted molar refractivity (Wildman–Crippen MR) is 81.3 cm³/mol. The lowest BCUT2D eigenvalue weighted by Gasteiger charge is -2.13. The summed E-state index contributed by atoms with van der Waals surface area (Å²) in [5, 5.41) is 0. The second-order valence-corrected chi connectivity index (χ2v) is 4.99. The molecule has 1 unspecified atom stereocenters. The minimum Gasteiger partial charge on any atom is -0.497 e. The Morgan fingerprint density at radius 2 is 1.57 bits per heavy atom. The fourth-order valence-electron chi connectivity index (χ4n) is 2.28. The third-order valence-electron chi connectivity index (χ3n) is 3.37. The summed E-state index contributed by atoms with van der Waals surface area (Å²) in [6.45, 7) is 0. The molecule has 0 aromatic heterocycles. The molecule has 0 bridgehead atoms. The van der Waals surface area contributed by atoms with Gasteiger partial charge in [-0.3, -0.25) is 0 Å². The first-order valence-electron chi connectivity index (χ1n) is 6.83. The lowest BCUT2D eigenvalue weighted by Crippen LogP contribution is -2.25. The highest BCUT2D eigenvalue weighted by Gasteiger charge is 2.09. The van der Waals surface area contributed by atoms with E-state index in [1.165, 1.54) is 13.2 Å². The van der Waals surface area contributed by atoms with Crippen LogP contribution in [0.4, 0.5) is 4.39 Å². The zero-order chi connectivity index (χ0) is 15.2. The summed E-state index contributed by atoms with van der Waals surface area (Å²) < 4.78 is 23.7. The number of halogens is 1. The van der Waals surface area contributed by atoms with Gasteiger partial charge in [-0.25, -0.2) is 4.39 Å². The molecule has 2 aromatic carbocycles. The first-order valence-corrected chi connectivity index (χ1v) is 6.83. The second kappa shape index (κ2) is 7.09. The molecule has 0 saturated heterocycles. The van der Waals surface area contributed by atoms with Gasteiger partial charge < -0.3 is 15.2 Å². The van der Waals surface area contributed by atoms with Gasteiger partial charge in [-0.2, -0.15) is 0 Å². The van der Waals surface area contributed by atoms with E-state index in [1.807, 2.05) is 30.3 Å². The Morgan fingerprint density at radius 1 is 0.952 bits per heavy atom. The predicted octanol–water partition coefficient (Wildman–Crippen LogP) is 2.96. The minimum atomic E-state index is -0.355. The monoisotopic (exact) mass is 289 g/mol. The highest BCUT2D eigenvalue weighted by atomic mass is 19.1. The van der Waals surface area contributed by atoms with Gasteiger partial charge >= 0.3 is 0 Å². The fourth-order valence-corrected chi connectivity index (χ4v) is 2.28. The molecule has 0 fully saturated rings. The molecule has 0 aliphatic heterocycles. The zero-order valence-corrected chi connectivity index (χ0v) is 12.3. The van der Waals surface area contributed by atoms with Crippen molar-refractivity contribution in [3.05, 3.63) is 59.4 Å². The number of methoxy groups -OCH3 is 2. The average molecular weight is 289 g/mol. The molecule has 0 heterocycles. The topological polar surface area (TPSA) is 44.5 Å². The Kier molecular flexibility index (Phi) is 5.17. The largest absolute Gasteiger partial charge is 0.497 e. The lowest BCUT2D eigenvalue weighted by atomic mass is 9.99. The van der Waals surface area contributed by atoms with Crippen molar-refractivity contribution in [2.45, 2.75) is 18.9 Å². The summed E-state index contributed by atoms with van der Waals surface area (Å²) in [5.74, 6) is 0.721. The molecule has 2 N–H and O–H groups in total. The maximum atomic E-state index is 13.6. The van der Waals surface area contributed by atoms with Gasteiger partial charge in [0, 0.05) is 6.04 Å². The standard InChI is InChI=1S/C17H20FNO2/c1-20-15-6-3-12(4-7-15)9-14(19)10-13-5-8-17(21-2)16(18)11-13/h3-8,11,14H,9-10,19H2,1-2H3. The van der Waals surface area contributed by atoms with Crippen molar-refractivity contribution in [2.24, 2.45) is 5.73 Å². The van der Waals surface area contributed by atoms with Crippen LogP contribution in [0.15, 0.2) is 42.5 Å². The van der Waals surface area contributed by atoms with Crippen LogP contribution in [-0.4, -0.2) is 20.3 Å². The molecule has 0 saturated carbocycles. The van der Waals surface area contributed by atoms with Crippen molar-refractivity contribution in [3.8, 4) is 11.5 Å². The summed E-state index contributed by atoms with van der Waals surface area (Å²) in [6, 6.07) is 12.7. The third-order valence-corrected chi connectivity index (χ3v) is 3.37. The molecule has 2 aromatic rings. The van der Waals surface area contributed by atoms with E-state index in [0.717, 1.165) is 23.3 Å². The second-order valence-electron chi connectivity index (χ2n) is 4.99. The Balaban J connectivity index is 1.97. The molecular formula is C17H20FNO2. The normalized spacial score (nSPS) is 12.0. The van der Waals surface area contributed by atoms with Crippen molar-refractivity contribution in [2.75, 3.05) is 14.2 Å². The zero-order valence-electron chi connectivity index (χ0n) is 12.3. The summed E-state index contributed by atoms with van der Waals surface area (Å²) in [5.41, 5.74) is 8.15. The van der Waals surface area contributed by atoms with Crippen LogP contribution in [-0.2, 0) is 12.8 Å². The van der Waals surface area contributed by atoms with Crippen LogP contribution >= 0.6 is 0 Å². The Labute approximate surface area is 124 Å². The fraction of sp³-hybridized carbons (Fsp3) is 0.294. The molecule has 0 amide bonds. The lowest BCUT2D eigenvalue weighted by molar-refractivity contribution is 0.386. The van der Waals surface area contributed by atoms with Crippen LogP contribution < -0.4 is 15.2 Å². The van der Waals surface area contributed by atoms with Gasteiger partial charge in [-0.05, 0) is 48.2 Å². The number of hydrogen-bond acceptors (Lipinski definition) is 3. The van der Waals surface area contributed by atoms with E-state index in [9.17, 15) is 4.39 Å². The van der Waals surface area contributed by atoms with Crippen LogP contribution in [0.25, 0.3) is 0 Å². The van der Waals surface area contributed by atoms with Crippen LogP contribution in [0.1, 0.15) is 11.1 Å². The summed E-state index contributed by atoms with van der Waals surface area (Å²) in [4.78, 5) is 0. The number of nitrogens with two attached hydrogens (primary N) is 1. The number of ether oxygens (including phenoxy) is 2. The molecule has 0 aliphatic rings. The average Bonchev–Trinajstić information content (AvgIpc) is 2.48. The Morgan fingerprint density at radius 3 is 2.14 bits per heavy atom. The van der Waals surface area contributed by atoms with E-state index in [2.05, 4.69) is 0 Å². The summed E-state index contributed by atoms with van der Waals surface area (Å²) >= 11 is 0. The highest BCUT2D eigenvalue weighted by molar-refractivity contribution is 5.31. The molecule has 0 spiro atoms. The maximum absolute atomic E-state index is 13.6. The van der Waals surface area contributed by atoms with Crippen molar-refractivity contribution in [3.63, 3.8) is 0 Å². The van der Waals surface area contributed by atoms with E-state index in [0.29, 0.717) is 6.42 Å². The molecule has 2 rings (SSSR count). The summed E-state index contributed by atoms with van der Waals surface area (Å²) in [7, 11) is 3.09. The Bertz CT molecular complexity index is 584. The van der Waals surface area contributed by atoms with Crippen LogP contribution in [0.2, 0.25) is 0 Å². The van der Waals surface area contributed by atoms with Crippen LogP contribution in [0.5, 0.6) is 11.5 Å². The van der Waals surface area contributed by atoms with Gasteiger partial charge in [0.05, 0.1) is 14.2 Å². The SMILES string of the molecule is COc1ccc(CC(N)Cc2ccc(OC)c(F)c2)cc1. The van der Waals surface area contributed by atoms with E-state index < -0.39 is 0 Å². The van der Waals surface area contributed by atoms with Gasteiger partial charge in [0.2, 0.25) is 0 Å². The quantitative estimate of drug-likeness (QED) is 0.889. The van der Waals surface area contributed by atoms with Gasteiger partial charge in [-0.15, -0.1) is 0 Å². The molecule has 0 radical (unpaired) electrons. The van der Waals surface area contributed by atoms with Gasteiger partial charge in [0.1, 0.15) is 5.75 Å². The van der Waals surface area contributed by atoms with Crippen molar-refractivity contribution in [1.29, 1.82) is 0 Å². The van der Waals surface area contributed by atoms with Crippen molar-refractivity contribution < 1.29 is 13.9 Å². The molecule has 4 heteroatoms. The first kappa shape index (κ1) is 15.3. The van der Waals surface area contributed by atoms with Crippen molar-refractivity contribution in [1.82, 2.24) is 0 Å². The van der Waals surface area contributed by atoms with E-state index in [4.69, 9.17) is 15.2 Å². The van der Waals surface area contributed by atoms with E-state index in [-0.39, 0.29) is 17.6 Å². The smallest absolute Gasteiger partial charge is 0.165 e. The van der Waals surface area contributed by atoms with E-state index in [1.54, 1.807) is 13.2 Å². The van der Waals surface area contributed by atoms with E-state index >= 15 is 0 Å². The summed E-state index contributed by atoms with van der Waals surface area (Å²) in [6.07, 6.45) is 1.35. The third kappa shape index (κ3) is 4.20. The van der Waals surface area contributed by atoms with Gasteiger partial charge in [-0.1, -0.05) is 18.2 Å². The van der Waals surface area contributed by atoms with Crippen LogP contribution in [0.3, 0.4) is 0 Å². The number of hydrogen-bond donors (Lipinski definition) is 1. The minimum absolute atomic E-state index is 0.0637. The molecule has 1 atom stereocenters.